The van der Waals surface area contributed by atoms with Gasteiger partial charge in [0.25, 0.3) is 5.91 Å². The molecule has 1 saturated heterocycles. The fourth-order valence-electron chi connectivity index (χ4n) is 3.00. The fraction of sp³-hybridized carbons (Fsp3) is 0.556. The smallest absolute Gasteiger partial charge is 0.251 e. The topological polar surface area (TPSA) is 75.4 Å². The van der Waals surface area contributed by atoms with Gasteiger partial charge in [-0.3, -0.25) is 9.59 Å². The summed E-state index contributed by atoms with van der Waals surface area (Å²) in [4.78, 5) is 26.4. The molecule has 5 heteroatoms. The number of nitrogens with one attached hydrogen (secondary N) is 1. The first kappa shape index (κ1) is 17.5. The van der Waals surface area contributed by atoms with Crippen LogP contribution in [-0.4, -0.2) is 41.9 Å². The van der Waals surface area contributed by atoms with E-state index in [1.807, 2.05) is 43.0 Å². The number of aryl methyl sites for hydroxylation is 1. The number of rotatable bonds is 5. The third-order valence-electron chi connectivity index (χ3n) is 4.45. The van der Waals surface area contributed by atoms with E-state index in [4.69, 9.17) is 5.73 Å². The number of nitrogens with two attached hydrogens (primary N) is 1. The fourth-order valence-corrected chi connectivity index (χ4v) is 3.00. The molecule has 1 fully saturated rings. The second-order valence-corrected chi connectivity index (χ2v) is 6.28. The van der Waals surface area contributed by atoms with Gasteiger partial charge in [0.1, 0.15) is 0 Å². The van der Waals surface area contributed by atoms with E-state index in [0.717, 1.165) is 36.8 Å². The summed E-state index contributed by atoms with van der Waals surface area (Å²) in [5.41, 5.74) is 7.60. The zero-order valence-corrected chi connectivity index (χ0v) is 14.0. The lowest BCUT2D eigenvalue weighted by atomic mass is 10.0. The van der Waals surface area contributed by atoms with Gasteiger partial charge in [0.2, 0.25) is 5.91 Å². The summed E-state index contributed by atoms with van der Waals surface area (Å²) < 4.78 is 0. The second kappa shape index (κ2) is 8.11. The van der Waals surface area contributed by atoms with E-state index in [9.17, 15) is 9.59 Å². The molecule has 5 nitrogen and oxygen atoms in total. The van der Waals surface area contributed by atoms with Crippen molar-refractivity contribution < 1.29 is 9.59 Å². The molecule has 2 amide bonds. The highest BCUT2D eigenvalue weighted by atomic mass is 16.2. The zero-order chi connectivity index (χ0) is 16.8. The maximum atomic E-state index is 12.3. The molecule has 1 unspecified atom stereocenters. The maximum absolute atomic E-state index is 12.3. The predicted octanol–water partition coefficient (Wildman–Crippen LogP) is 1.84. The van der Waals surface area contributed by atoms with Crippen molar-refractivity contribution in [1.29, 1.82) is 0 Å². The Hall–Kier alpha value is -1.88. The van der Waals surface area contributed by atoms with Crippen LogP contribution in [0.4, 0.5) is 0 Å². The third-order valence-corrected chi connectivity index (χ3v) is 4.45. The number of piperidine rings is 1. The van der Waals surface area contributed by atoms with Gasteiger partial charge < -0.3 is 16.0 Å². The first-order valence-electron chi connectivity index (χ1n) is 8.43. The Morgan fingerprint density at radius 2 is 1.96 bits per heavy atom. The van der Waals surface area contributed by atoms with Crippen molar-refractivity contribution in [2.24, 2.45) is 5.73 Å². The maximum Gasteiger partial charge on any atom is 0.251 e. The number of hydrogen-bond donors (Lipinski definition) is 2. The van der Waals surface area contributed by atoms with Crippen LogP contribution in [0, 0.1) is 6.92 Å². The molecule has 0 saturated carbocycles. The number of likely N-dealkylation sites (tertiary alicyclic amines) is 1. The first-order chi connectivity index (χ1) is 11.0. The summed E-state index contributed by atoms with van der Waals surface area (Å²) in [5, 5.41) is 3.08. The number of benzene rings is 1. The van der Waals surface area contributed by atoms with Gasteiger partial charge in [-0.05, 0) is 37.8 Å². The minimum Gasteiger partial charge on any atom is -0.349 e. The number of hydrogen-bond acceptors (Lipinski definition) is 3. The Labute approximate surface area is 138 Å². The molecule has 0 radical (unpaired) electrons. The van der Waals surface area contributed by atoms with E-state index in [1.165, 1.54) is 0 Å². The summed E-state index contributed by atoms with van der Waals surface area (Å²) in [7, 11) is 0. The van der Waals surface area contributed by atoms with Crippen molar-refractivity contribution in [3.05, 3.63) is 35.4 Å². The van der Waals surface area contributed by atoms with Gasteiger partial charge in [0, 0.05) is 24.7 Å². The highest BCUT2D eigenvalue weighted by Gasteiger charge is 2.26. The van der Waals surface area contributed by atoms with E-state index in [2.05, 4.69) is 5.32 Å². The van der Waals surface area contributed by atoms with Crippen LogP contribution in [0.25, 0.3) is 0 Å². The summed E-state index contributed by atoms with van der Waals surface area (Å²) in [6, 6.07) is 7.30. The average molecular weight is 317 g/mol. The van der Waals surface area contributed by atoms with E-state index < -0.39 is 6.04 Å². The lowest BCUT2D eigenvalue weighted by molar-refractivity contribution is -0.133. The van der Waals surface area contributed by atoms with Gasteiger partial charge in [0.05, 0.1) is 6.04 Å². The average Bonchev–Trinajstić information content (AvgIpc) is 2.55. The minimum atomic E-state index is -0.391. The summed E-state index contributed by atoms with van der Waals surface area (Å²) in [5.74, 6) is 0.00564. The van der Waals surface area contributed by atoms with Gasteiger partial charge in [-0.25, -0.2) is 0 Å². The van der Waals surface area contributed by atoms with Crippen molar-refractivity contribution in [2.45, 2.75) is 51.6 Å². The van der Waals surface area contributed by atoms with E-state index in [1.54, 1.807) is 0 Å². The number of carbonyl (C=O) groups excluding carboxylic acids is 2. The molecule has 1 aliphatic rings. The monoisotopic (exact) mass is 317 g/mol. The molecule has 0 aliphatic carbocycles. The van der Waals surface area contributed by atoms with Crippen LogP contribution in [0.5, 0.6) is 0 Å². The van der Waals surface area contributed by atoms with Crippen LogP contribution in [0.15, 0.2) is 24.3 Å². The lowest BCUT2D eigenvalue weighted by Crippen LogP contribution is -2.51. The molecule has 23 heavy (non-hydrogen) atoms. The highest BCUT2D eigenvalue weighted by molar-refractivity contribution is 5.95. The molecule has 1 aromatic rings. The summed E-state index contributed by atoms with van der Waals surface area (Å²) in [6.07, 6.45) is 3.20. The van der Waals surface area contributed by atoms with Crippen LogP contribution >= 0.6 is 0 Å². The minimum absolute atomic E-state index is 0.0319. The number of amides is 2. The Morgan fingerprint density at radius 1 is 1.30 bits per heavy atom. The third kappa shape index (κ3) is 4.55. The SMILES string of the molecule is CCCC(N)C(=O)N1CCC(NC(=O)c2ccccc2C)CC1. The van der Waals surface area contributed by atoms with Gasteiger partial charge in [-0.2, -0.15) is 0 Å². The van der Waals surface area contributed by atoms with Crippen LogP contribution in [-0.2, 0) is 4.79 Å². The Balaban J connectivity index is 1.84. The van der Waals surface area contributed by atoms with E-state index in [0.29, 0.717) is 13.1 Å². The van der Waals surface area contributed by atoms with E-state index >= 15 is 0 Å². The van der Waals surface area contributed by atoms with Crippen molar-refractivity contribution in [1.82, 2.24) is 10.2 Å². The molecular formula is C18H27N3O2. The van der Waals surface area contributed by atoms with Crippen molar-refractivity contribution >= 4 is 11.8 Å². The van der Waals surface area contributed by atoms with Crippen LogP contribution in [0.1, 0.15) is 48.5 Å². The molecule has 2 rings (SSSR count). The van der Waals surface area contributed by atoms with Crippen LogP contribution < -0.4 is 11.1 Å². The lowest BCUT2D eigenvalue weighted by Gasteiger charge is -2.34. The van der Waals surface area contributed by atoms with Gasteiger partial charge in [-0.15, -0.1) is 0 Å². The Bertz CT molecular complexity index is 551. The van der Waals surface area contributed by atoms with Gasteiger partial charge in [-0.1, -0.05) is 31.5 Å². The Kier molecular flexibility index (Phi) is 6.16. The number of carbonyl (C=O) groups is 2. The second-order valence-electron chi connectivity index (χ2n) is 6.28. The molecule has 1 aromatic carbocycles. The molecule has 1 aliphatic heterocycles. The van der Waals surface area contributed by atoms with Crippen molar-refractivity contribution in [3.8, 4) is 0 Å². The standard InChI is InChI=1S/C18H27N3O2/c1-3-6-16(19)18(23)21-11-9-14(10-12-21)20-17(22)15-8-5-4-7-13(15)2/h4-5,7-8,14,16H,3,6,9-12,19H2,1-2H3,(H,20,22). The van der Waals surface area contributed by atoms with Crippen molar-refractivity contribution in [3.63, 3.8) is 0 Å². The van der Waals surface area contributed by atoms with E-state index in [-0.39, 0.29) is 17.9 Å². The van der Waals surface area contributed by atoms with Crippen LogP contribution in [0.2, 0.25) is 0 Å². The van der Waals surface area contributed by atoms with Crippen LogP contribution in [0.3, 0.4) is 0 Å². The molecule has 0 spiro atoms. The van der Waals surface area contributed by atoms with Gasteiger partial charge >= 0.3 is 0 Å². The quantitative estimate of drug-likeness (QED) is 0.870. The highest BCUT2D eigenvalue weighted by Crippen LogP contribution is 2.14. The first-order valence-corrected chi connectivity index (χ1v) is 8.43. The molecule has 0 aromatic heterocycles. The normalized spacial score (nSPS) is 16.9. The molecule has 1 atom stereocenters. The predicted molar refractivity (Wildman–Crippen MR) is 91.1 cm³/mol. The summed E-state index contributed by atoms with van der Waals surface area (Å²) in [6.45, 7) is 5.29. The summed E-state index contributed by atoms with van der Waals surface area (Å²) >= 11 is 0. The number of nitrogens with zero attached hydrogens (tertiary/aromatic N) is 1. The zero-order valence-electron chi connectivity index (χ0n) is 14.0. The molecule has 3 N–H and O–H groups in total. The van der Waals surface area contributed by atoms with Crippen molar-refractivity contribution in [2.75, 3.05) is 13.1 Å². The van der Waals surface area contributed by atoms with Gasteiger partial charge in [0.15, 0.2) is 0 Å². The molecular weight excluding hydrogens is 290 g/mol. The molecule has 1 heterocycles. The Morgan fingerprint density at radius 3 is 2.57 bits per heavy atom. The molecule has 126 valence electrons. The largest absolute Gasteiger partial charge is 0.349 e. The molecule has 0 bridgehead atoms.